The molecule has 0 aromatic carbocycles. The van der Waals surface area contributed by atoms with Gasteiger partial charge in [0.2, 0.25) is 0 Å². The first-order valence-corrected chi connectivity index (χ1v) is 12.9. The van der Waals surface area contributed by atoms with Crippen LogP contribution in [0.15, 0.2) is 12.2 Å². The second-order valence-electron chi connectivity index (χ2n) is 9.07. The molecule has 25 heavy (non-hydrogen) atoms. The van der Waals surface area contributed by atoms with Crippen LogP contribution in [0.2, 0.25) is 18.1 Å². The quantitative estimate of drug-likeness (QED) is 0.377. The molecule has 1 unspecified atom stereocenters. The maximum atomic E-state index is 13.0. The predicted octanol–water partition coefficient (Wildman–Crippen LogP) is 3.70. The van der Waals surface area contributed by atoms with Crippen molar-refractivity contribution in [2.45, 2.75) is 76.6 Å². The largest absolute Gasteiger partial charge is 0.415 e. The summed E-state index contributed by atoms with van der Waals surface area (Å²) in [5.74, 6) is 0. The second kappa shape index (κ2) is 8.76. The fourth-order valence-electron chi connectivity index (χ4n) is 2.27. The van der Waals surface area contributed by atoms with Crippen molar-refractivity contribution >= 4 is 19.3 Å². The van der Waals surface area contributed by atoms with E-state index in [0.717, 1.165) is 0 Å². The Hall–Kier alpha value is -0.0531. The zero-order valence-electron chi connectivity index (χ0n) is 17.4. The van der Waals surface area contributed by atoms with E-state index in [1.54, 1.807) is 7.11 Å². The molecule has 5 nitrogen and oxygen atoms in total. The van der Waals surface area contributed by atoms with Gasteiger partial charge in [0, 0.05) is 13.7 Å². The summed E-state index contributed by atoms with van der Waals surface area (Å²) in [6.45, 7) is 18.5. The molecule has 0 aromatic heterocycles. The predicted molar refractivity (Wildman–Crippen MR) is 107 cm³/mol. The van der Waals surface area contributed by atoms with Crippen LogP contribution in [0.1, 0.15) is 41.5 Å². The summed E-state index contributed by atoms with van der Waals surface area (Å²) < 4.78 is 32.1. The van der Waals surface area contributed by atoms with Crippen LogP contribution in [-0.2, 0) is 24.9 Å². The lowest BCUT2D eigenvalue weighted by Crippen LogP contribution is -2.55. The van der Waals surface area contributed by atoms with Crippen molar-refractivity contribution in [2.24, 2.45) is 0 Å². The number of rotatable bonds is 7. The average Bonchev–Trinajstić information content (AvgIpc) is 2.48. The monoisotopic (exact) mass is 391 g/mol. The van der Waals surface area contributed by atoms with Crippen LogP contribution in [0.25, 0.3) is 0 Å². The first kappa shape index (κ1) is 23.0. The molecule has 0 spiro atoms. The van der Waals surface area contributed by atoms with Crippen LogP contribution < -0.4 is 0 Å². The van der Waals surface area contributed by atoms with Gasteiger partial charge in [-0.25, -0.2) is 8.51 Å². The summed E-state index contributed by atoms with van der Waals surface area (Å²) in [5, 5.41) is 0.133. The molecule has 1 aliphatic heterocycles. The SMILES string of the molecule is COCO[C@@H]1C=CCN(S(=O)C(C)(C)C)[C@H]1CO[Si](C)(C)C(C)(C)C. The minimum atomic E-state index is -1.90. The van der Waals surface area contributed by atoms with Crippen molar-refractivity contribution in [2.75, 3.05) is 27.1 Å². The maximum Gasteiger partial charge on any atom is 0.192 e. The van der Waals surface area contributed by atoms with Crippen LogP contribution in [0, 0.1) is 0 Å². The number of methoxy groups -OCH3 is 1. The molecular weight excluding hydrogens is 354 g/mol. The molecule has 1 aliphatic rings. The van der Waals surface area contributed by atoms with Crippen LogP contribution in [-0.4, -0.2) is 60.8 Å². The summed E-state index contributed by atoms with van der Waals surface area (Å²) in [6.07, 6.45) is 3.87. The third-order valence-corrected chi connectivity index (χ3v) is 11.3. The minimum Gasteiger partial charge on any atom is -0.415 e. The molecule has 7 heteroatoms. The molecule has 0 aromatic rings. The Bertz CT molecular complexity index is 482. The van der Waals surface area contributed by atoms with E-state index in [1.807, 2.05) is 37.2 Å². The van der Waals surface area contributed by atoms with Crippen LogP contribution in [0.4, 0.5) is 0 Å². The highest BCUT2D eigenvalue weighted by molar-refractivity contribution is 7.84. The van der Waals surface area contributed by atoms with Crippen LogP contribution in [0.5, 0.6) is 0 Å². The van der Waals surface area contributed by atoms with Gasteiger partial charge in [0.15, 0.2) is 8.32 Å². The van der Waals surface area contributed by atoms with Gasteiger partial charge >= 0.3 is 0 Å². The van der Waals surface area contributed by atoms with Crippen molar-refractivity contribution in [3.63, 3.8) is 0 Å². The highest BCUT2D eigenvalue weighted by Gasteiger charge is 2.41. The van der Waals surface area contributed by atoms with Crippen LogP contribution in [0.3, 0.4) is 0 Å². The molecule has 1 heterocycles. The molecule has 0 saturated heterocycles. The summed E-state index contributed by atoms with van der Waals surface area (Å²) >= 11 is 0. The summed E-state index contributed by atoms with van der Waals surface area (Å²) in [4.78, 5) is 0. The third-order valence-electron chi connectivity index (χ3n) is 4.90. The Morgan fingerprint density at radius 3 is 2.28 bits per heavy atom. The lowest BCUT2D eigenvalue weighted by atomic mass is 10.1. The molecule has 0 fully saturated rings. The Morgan fingerprint density at radius 2 is 1.80 bits per heavy atom. The molecule has 0 saturated carbocycles. The highest BCUT2D eigenvalue weighted by Crippen LogP contribution is 2.37. The van der Waals surface area contributed by atoms with E-state index < -0.39 is 19.3 Å². The summed E-state index contributed by atoms with van der Waals surface area (Å²) in [6, 6.07) is -0.0886. The van der Waals surface area contributed by atoms with Crippen LogP contribution >= 0.6 is 0 Å². The molecule has 0 amide bonds. The number of nitrogens with zero attached hydrogens (tertiary/aromatic N) is 1. The van der Waals surface area contributed by atoms with E-state index in [4.69, 9.17) is 13.9 Å². The lowest BCUT2D eigenvalue weighted by Gasteiger charge is -2.43. The van der Waals surface area contributed by atoms with Crippen molar-refractivity contribution in [3.05, 3.63) is 12.2 Å². The first-order valence-electron chi connectivity index (χ1n) is 8.91. The van der Waals surface area contributed by atoms with Gasteiger partial charge in [0.05, 0.1) is 23.5 Å². The molecule has 0 bridgehead atoms. The zero-order valence-corrected chi connectivity index (χ0v) is 19.2. The van der Waals surface area contributed by atoms with Gasteiger partial charge in [-0.15, -0.1) is 0 Å². The van der Waals surface area contributed by atoms with Gasteiger partial charge in [-0.05, 0) is 38.9 Å². The minimum absolute atomic E-state index is 0.0886. The normalized spacial score (nSPS) is 24.5. The number of hydrogen-bond acceptors (Lipinski definition) is 4. The van der Waals surface area contributed by atoms with Gasteiger partial charge < -0.3 is 13.9 Å². The highest BCUT2D eigenvalue weighted by atomic mass is 32.2. The molecule has 3 atom stereocenters. The molecule has 0 aliphatic carbocycles. The molecule has 0 radical (unpaired) electrons. The molecule has 0 N–H and O–H groups in total. The zero-order chi connectivity index (χ0) is 19.5. The standard InChI is InChI=1S/C18H37NO4SSi/c1-17(2,3)24(20)19-12-10-11-16(22-14-21-7)15(19)13-23-25(8,9)18(4,5)6/h10-11,15-16H,12-14H2,1-9H3/t15-,16+,24?/m0/s1. The summed E-state index contributed by atoms with van der Waals surface area (Å²) in [7, 11) is -1.42. The second-order valence-corrected chi connectivity index (χ2v) is 16.1. The van der Waals surface area contributed by atoms with E-state index in [0.29, 0.717) is 13.2 Å². The van der Waals surface area contributed by atoms with E-state index in [-0.39, 0.29) is 28.7 Å². The van der Waals surface area contributed by atoms with Gasteiger partial charge in [-0.2, -0.15) is 0 Å². The van der Waals surface area contributed by atoms with Crippen molar-refractivity contribution in [1.29, 1.82) is 0 Å². The number of ether oxygens (including phenoxy) is 2. The van der Waals surface area contributed by atoms with Crippen molar-refractivity contribution in [1.82, 2.24) is 4.31 Å². The maximum absolute atomic E-state index is 13.0. The van der Waals surface area contributed by atoms with Gasteiger partial charge in [-0.3, -0.25) is 0 Å². The van der Waals surface area contributed by atoms with Gasteiger partial charge in [0.25, 0.3) is 0 Å². The summed E-state index contributed by atoms with van der Waals surface area (Å²) in [5.41, 5.74) is 0. The van der Waals surface area contributed by atoms with Gasteiger partial charge in [-0.1, -0.05) is 32.9 Å². The fourth-order valence-corrected chi connectivity index (χ4v) is 4.64. The average molecular weight is 392 g/mol. The van der Waals surface area contributed by atoms with Gasteiger partial charge in [0.1, 0.15) is 17.8 Å². The first-order chi connectivity index (χ1) is 11.3. The third kappa shape index (κ3) is 6.25. The fraction of sp³-hybridized carbons (Fsp3) is 0.889. The Kier molecular flexibility index (Phi) is 8.05. The Morgan fingerprint density at radius 1 is 1.20 bits per heavy atom. The molecular formula is C18H37NO4SSi. The van der Waals surface area contributed by atoms with E-state index in [1.165, 1.54) is 0 Å². The van der Waals surface area contributed by atoms with E-state index in [2.05, 4.69) is 33.9 Å². The molecule has 1 rings (SSSR count). The van der Waals surface area contributed by atoms with Crippen molar-refractivity contribution in [3.8, 4) is 0 Å². The Labute approximate surface area is 157 Å². The number of hydrogen-bond donors (Lipinski definition) is 0. The topological polar surface area (TPSA) is 48.0 Å². The van der Waals surface area contributed by atoms with E-state index >= 15 is 0 Å². The smallest absolute Gasteiger partial charge is 0.192 e. The Balaban J connectivity index is 3.01. The van der Waals surface area contributed by atoms with Crippen molar-refractivity contribution < 1.29 is 18.1 Å². The molecule has 148 valence electrons. The van der Waals surface area contributed by atoms with E-state index in [9.17, 15) is 4.21 Å². The lowest BCUT2D eigenvalue weighted by molar-refractivity contribution is -0.0804.